The van der Waals surface area contributed by atoms with E-state index in [1.807, 2.05) is 31.2 Å². The smallest absolute Gasteiger partial charge is 0.314 e. The van der Waals surface area contributed by atoms with Gasteiger partial charge >= 0.3 is 5.97 Å². The van der Waals surface area contributed by atoms with Gasteiger partial charge in [-0.1, -0.05) is 30.3 Å². The van der Waals surface area contributed by atoms with Crippen LogP contribution in [0.15, 0.2) is 53.6 Å². The number of hydrazone groups is 1. The summed E-state index contributed by atoms with van der Waals surface area (Å²) in [6.07, 6.45) is 0. The molecule has 5 heteroatoms. The van der Waals surface area contributed by atoms with Gasteiger partial charge in [0.1, 0.15) is 11.7 Å². The number of anilines is 1. The summed E-state index contributed by atoms with van der Waals surface area (Å²) in [6, 6.07) is 13.1. The third-order valence-corrected chi connectivity index (χ3v) is 4.05. The van der Waals surface area contributed by atoms with Crippen LogP contribution in [-0.2, 0) is 4.79 Å². The van der Waals surface area contributed by atoms with Crippen LogP contribution in [0.2, 0.25) is 0 Å². The lowest BCUT2D eigenvalue weighted by Crippen LogP contribution is -2.31. The largest absolute Gasteiger partial charge is 0.481 e. The molecule has 0 radical (unpaired) electrons. The maximum atomic E-state index is 14.3. The topological polar surface area (TPSA) is 52.9 Å². The van der Waals surface area contributed by atoms with Gasteiger partial charge in [0.25, 0.3) is 0 Å². The lowest BCUT2D eigenvalue weighted by Gasteiger charge is -2.27. The van der Waals surface area contributed by atoms with Crippen LogP contribution in [0.25, 0.3) is 0 Å². The molecule has 1 N–H and O–H groups in total. The van der Waals surface area contributed by atoms with Crippen LogP contribution in [0, 0.1) is 18.7 Å². The second-order valence-corrected chi connectivity index (χ2v) is 5.71. The predicted octanol–water partition coefficient (Wildman–Crippen LogP) is 3.77. The van der Waals surface area contributed by atoms with Crippen molar-refractivity contribution in [3.8, 4) is 0 Å². The first-order valence-corrected chi connectivity index (χ1v) is 7.37. The van der Waals surface area contributed by atoms with E-state index in [0.717, 1.165) is 11.3 Å². The Morgan fingerprint density at radius 3 is 2.57 bits per heavy atom. The molecule has 2 atom stereocenters. The number of halogens is 1. The SMILES string of the molecule is CC1=NN(c2cccc(C)c2)C(c2ccccc2F)C1C(=O)O. The molecule has 2 aromatic rings. The molecule has 23 heavy (non-hydrogen) atoms. The normalized spacial score (nSPS) is 20.5. The lowest BCUT2D eigenvalue weighted by molar-refractivity contribution is -0.139. The molecular formula is C18H17FN2O2. The number of aliphatic carboxylic acids is 1. The maximum absolute atomic E-state index is 14.3. The molecule has 2 unspecified atom stereocenters. The Kier molecular flexibility index (Phi) is 3.86. The first-order valence-electron chi connectivity index (χ1n) is 7.37. The summed E-state index contributed by atoms with van der Waals surface area (Å²) in [6.45, 7) is 3.62. The molecule has 0 spiro atoms. The minimum absolute atomic E-state index is 0.335. The third-order valence-electron chi connectivity index (χ3n) is 4.05. The Morgan fingerprint density at radius 1 is 1.17 bits per heavy atom. The van der Waals surface area contributed by atoms with Gasteiger partial charge in [-0.05, 0) is 37.6 Å². The standard InChI is InChI=1S/C18H17FN2O2/c1-11-6-5-7-13(10-11)21-17(14-8-3-4-9-15(14)19)16(18(22)23)12(2)20-21/h3-10,16-17H,1-2H3,(H,22,23). The summed E-state index contributed by atoms with van der Waals surface area (Å²) < 4.78 is 14.3. The summed E-state index contributed by atoms with van der Waals surface area (Å²) in [5.41, 5.74) is 2.58. The van der Waals surface area contributed by atoms with Crippen molar-refractivity contribution in [3.63, 3.8) is 0 Å². The number of hydrogen-bond acceptors (Lipinski definition) is 3. The number of carboxylic acid groups (broad SMARTS) is 1. The zero-order valence-electron chi connectivity index (χ0n) is 12.9. The lowest BCUT2D eigenvalue weighted by atomic mass is 9.90. The quantitative estimate of drug-likeness (QED) is 0.938. The third kappa shape index (κ3) is 2.70. The van der Waals surface area contributed by atoms with E-state index in [4.69, 9.17) is 0 Å². The molecule has 0 saturated carbocycles. The van der Waals surface area contributed by atoms with Gasteiger partial charge in [-0.3, -0.25) is 9.80 Å². The molecule has 118 valence electrons. The summed E-state index contributed by atoms with van der Waals surface area (Å²) in [5, 5.41) is 15.6. The fourth-order valence-electron chi connectivity index (χ4n) is 2.99. The molecule has 2 aromatic carbocycles. The van der Waals surface area contributed by atoms with Gasteiger partial charge in [0, 0.05) is 5.56 Å². The van der Waals surface area contributed by atoms with Crippen LogP contribution >= 0.6 is 0 Å². The van der Waals surface area contributed by atoms with Crippen LogP contribution in [-0.4, -0.2) is 16.8 Å². The van der Waals surface area contributed by atoms with E-state index >= 15 is 0 Å². The second kappa shape index (κ2) is 5.83. The number of carboxylic acids is 1. The number of hydrogen-bond donors (Lipinski definition) is 1. The molecular weight excluding hydrogens is 295 g/mol. The maximum Gasteiger partial charge on any atom is 0.314 e. The Balaban J connectivity index is 2.14. The highest BCUT2D eigenvalue weighted by Gasteiger charge is 2.43. The highest BCUT2D eigenvalue weighted by Crippen LogP contribution is 2.40. The molecule has 0 saturated heterocycles. The van der Waals surface area contributed by atoms with Crippen molar-refractivity contribution in [2.45, 2.75) is 19.9 Å². The minimum atomic E-state index is -1.00. The van der Waals surface area contributed by atoms with Gasteiger partial charge < -0.3 is 5.11 Å². The van der Waals surface area contributed by atoms with Crippen molar-refractivity contribution in [1.82, 2.24) is 0 Å². The monoisotopic (exact) mass is 312 g/mol. The van der Waals surface area contributed by atoms with E-state index in [2.05, 4.69) is 5.10 Å². The van der Waals surface area contributed by atoms with Crippen LogP contribution in [0.4, 0.5) is 10.1 Å². The Labute approximate surface area is 133 Å². The fraction of sp³-hybridized carbons (Fsp3) is 0.222. The van der Waals surface area contributed by atoms with Crippen molar-refractivity contribution >= 4 is 17.4 Å². The number of nitrogens with zero attached hydrogens (tertiary/aromatic N) is 2. The summed E-state index contributed by atoms with van der Waals surface area (Å²) in [4.78, 5) is 11.7. The number of benzene rings is 2. The Bertz CT molecular complexity index is 788. The van der Waals surface area contributed by atoms with Crippen LogP contribution in [0.3, 0.4) is 0 Å². The molecule has 0 amide bonds. The van der Waals surface area contributed by atoms with E-state index < -0.39 is 23.7 Å². The molecule has 1 heterocycles. The van der Waals surface area contributed by atoms with Crippen LogP contribution < -0.4 is 5.01 Å². The van der Waals surface area contributed by atoms with Gasteiger partial charge in [-0.15, -0.1) is 0 Å². The minimum Gasteiger partial charge on any atom is -0.481 e. The van der Waals surface area contributed by atoms with Gasteiger partial charge in [0.15, 0.2) is 0 Å². The van der Waals surface area contributed by atoms with E-state index in [1.165, 1.54) is 6.07 Å². The predicted molar refractivity (Wildman–Crippen MR) is 87.0 cm³/mol. The van der Waals surface area contributed by atoms with Gasteiger partial charge in [0.05, 0.1) is 17.4 Å². The Morgan fingerprint density at radius 2 is 1.91 bits per heavy atom. The summed E-state index contributed by atoms with van der Waals surface area (Å²) in [5.74, 6) is -2.31. The van der Waals surface area contributed by atoms with Crippen molar-refractivity contribution in [3.05, 3.63) is 65.5 Å². The number of aryl methyl sites for hydroxylation is 1. The fourth-order valence-corrected chi connectivity index (χ4v) is 2.99. The van der Waals surface area contributed by atoms with Crippen LogP contribution in [0.5, 0.6) is 0 Å². The zero-order chi connectivity index (χ0) is 16.6. The first kappa shape index (κ1) is 15.2. The molecule has 0 aromatic heterocycles. The van der Waals surface area contributed by atoms with E-state index in [9.17, 15) is 14.3 Å². The highest BCUT2D eigenvalue weighted by atomic mass is 19.1. The number of rotatable bonds is 3. The summed E-state index contributed by atoms with van der Waals surface area (Å²) >= 11 is 0. The van der Waals surface area contributed by atoms with Crippen molar-refractivity contribution in [2.24, 2.45) is 11.0 Å². The first-order chi connectivity index (χ1) is 11.0. The molecule has 0 bridgehead atoms. The number of carbonyl (C=O) groups is 1. The van der Waals surface area contributed by atoms with Gasteiger partial charge in [-0.25, -0.2) is 4.39 Å². The second-order valence-electron chi connectivity index (χ2n) is 5.71. The highest BCUT2D eigenvalue weighted by molar-refractivity contribution is 6.03. The average molecular weight is 312 g/mol. The molecule has 1 aliphatic heterocycles. The van der Waals surface area contributed by atoms with Gasteiger partial charge in [0.2, 0.25) is 0 Å². The molecule has 0 aliphatic carbocycles. The van der Waals surface area contributed by atoms with E-state index in [-0.39, 0.29) is 0 Å². The van der Waals surface area contributed by atoms with Crippen LogP contribution in [0.1, 0.15) is 24.1 Å². The van der Waals surface area contributed by atoms with Crippen molar-refractivity contribution in [1.29, 1.82) is 0 Å². The molecule has 1 aliphatic rings. The van der Waals surface area contributed by atoms with E-state index in [1.54, 1.807) is 30.1 Å². The van der Waals surface area contributed by atoms with E-state index in [0.29, 0.717) is 11.3 Å². The zero-order valence-corrected chi connectivity index (χ0v) is 12.9. The van der Waals surface area contributed by atoms with Crippen molar-refractivity contribution in [2.75, 3.05) is 5.01 Å². The molecule has 3 rings (SSSR count). The average Bonchev–Trinajstić information content (AvgIpc) is 2.85. The summed E-state index contributed by atoms with van der Waals surface area (Å²) in [7, 11) is 0. The van der Waals surface area contributed by atoms with Gasteiger partial charge in [-0.2, -0.15) is 5.10 Å². The Hall–Kier alpha value is -2.69. The molecule has 0 fully saturated rings. The van der Waals surface area contributed by atoms with Crippen molar-refractivity contribution < 1.29 is 14.3 Å². The molecule has 4 nitrogen and oxygen atoms in total.